The number of aldehydes is 1. The number of carbonyl (C=O) groups is 2. The summed E-state index contributed by atoms with van der Waals surface area (Å²) in [5, 5.41) is 0.872. The molecule has 1 amide bonds. The Labute approximate surface area is 140 Å². The number of pyridine rings is 1. The summed E-state index contributed by atoms with van der Waals surface area (Å²) in [5.41, 5.74) is 1.80. The van der Waals surface area contributed by atoms with E-state index in [4.69, 9.17) is 4.74 Å². The predicted molar refractivity (Wildman–Crippen MR) is 89.2 cm³/mol. The number of benzene rings is 1. The lowest BCUT2D eigenvalue weighted by molar-refractivity contribution is -0.0746. The third-order valence-corrected chi connectivity index (χ3v) is 4.82. The molecule has 0 spiro atoms. The molecule has 2 fully saturated rings. The minimum atomic E-state index is 0.0564. The molecule has 0 bridgehead atoms. The van der Waals surface area contributed by atoms with Gasteiger partial charge in [-0.05, 0) is 24.3 Å². The number of hydrogen-bond donors (Lipinski definition) is 0. The Hall–Kier alpha value is -2.31. The molecule has 1 aromatic heterocycles. The van der Waals surface area contributed by atoms with Crippen LogP contribution in [0, 0.1) is 0 Å². The summed E-state index contributed by atoms with van der Waals surface area (Å²) < 4.78 is 5.24. The fraction of sp³-hybridized carbons (Fsp3) is 0.389. The Bertz CT molecular complexity index is 780. The van der Waals surface area contributed by atoms with Crippen LogP contribution in [0.2, 0.25) is 0 Å². The molecule has 1 aromatic carbocycles. The normalized spacial score (nSPS) is 19.2. The maximum absolute atomic E-state index is 12.7. The highest BCUT2D eigenvalue weighted by Gasteiger charge is 2.30. The zero-order chi connectivity index (χ0) is 16.5. The number of hydrogen-bond acceptors (Lipinski definition) is 5. The number of amides is 1. The molecular formula is C18H19N3O3. The fourth-order valence-corrected chi connectivity index (χ4v) is 3.25. The predicted octanol–water partition coefficient (Wildman–Crippen LogP) is 1.20. The summed E-state index contributed by atoms with van der Waals surface area (Å²) >= 11 is 0. The Kier molecular flexibility index (Phi) is 4.00. The van der Waals surface area contributed by atoms with E-state index in [9.17, 15) is 9.59 Å². The topological polar surface area (TPSA) is 62.7 Å². The van der Waals surface area contributed by atoms with Gasteiger partial charge in [0.15, 0.2) is 6.29 Å². The summed E-state index contributed by atoms with van der Waals surface area (Å²) in [6.45, 7) is 4.92. The van der Waals surface area contributed by atoms with Crippen molar-refractivity contribution in [1.82, 2.24) is 14.8 Å². The van der Waals surface area contributed by atoms with Crippen LogP contribution in [0.4, 0.5) is 0 Å². The highest BCUT2D eigenvalue weighted by atomic mass is 16.5. The average Bonchev–Trinajstić information content (AvgIpc) is 2.59. The molecule has 2 aromatic rings. The zero-order valence-electron chi connectivity index (χ0n) is 13.4. The van der Waals surface area contributed by atoms with Gasteiger partial charge in [0, 0.05) is 37.1 Å². The van der Waals surface area contributed by atoms with Gasteiger partial charge in [0.1, 0.15) is 5.69 Å². The van der Waals surface area contributed by atoms with Crippen molar-refractivity contribution in [3.05, 3.63) is 41.6 Å². The van der Waals surface area contributed by atoms with E-state index in [2.05, 4.69) is 9.88 Å². The van der Waals surface area contributed by atoms with Crippen LogP contribution < -0.4 is 0 Å². The average molecular weight is 325 g/mol. The van der Waals surface area contributed by atoms with Crippen molar-refractivity contribution in [2.24, 2.45) is 0 Å². The maximum Gasteiger partial charge on any atom is 0.253 e. The van der Waals surface area contributed by atoms with Crippen molar-refractivity contribution in [2.45, 2.75) is 6.04 Å². The van der Waals surface area contributed by atoms with Gasteiger partial charge in [-0.2, -0.15) is 0 Å². The van der Waals surface area contributed by atoms with Gasteiger partial charge in [-0.25, -0.2) is 4.98 Å². The second kappa shape index (κ2) is 6.30. The van der Waals surface area contributed by atoms with E-state index in [-0.39, 0.29) is 5.91 Å². The second-order valence-corrected chi connectivity index (χ2v) is 6.28. The number of rotatable bonds is 3. The van der Waals surface area contributed by atoms with Gasteiger partial charge in [0.25, 0.3) is 5.91 Å². The van der Waals surface area contributed by atoms with Crippen LogP contribution in [-0.4, -0.2) is 72.4 Å². The summed E-state index contributed by atoms with van der Waals surface area (Å²) in [6, 6.07) is 9.47. The van der Waals surface area contributed by atoms with Crippen LogP contribution in [0.25, 0.3) is 10.9 Å². The molecule has 4 rings (SSSR count). The van der Waals surface area contributed by atoms with Crippen LogP contribution in [0.15, 0.2) is 30.3 Å². The number of nitrogens with zero attached hydrogens (tertiary/aromatic N) is 3. The molecule has 0 aliphatic carbocycles. The molecule has 0 saturated carbocycles. The number of aromatic nitrogens is 1. The van der Waals surface area contributed by atoms with Gasteiger partial charge in [0.05, 0.1) is 24.8 Å². The van der Waals surface area contributed by atoms with Gasteiger partial charge < -0.3 is 9.64 Å². The Morgan fingerprint density at radius 1 is 1.12 bits per heavy atom. The Balaban J connectivity index is 1.48. The fourth-order valence-electron chi connectivity index (χ4n) is 3.25. The largest absolute Gasteiger partial charge is 0.378 e. The van der Waals surface area contributed by atoms with Crippen molar-refractivity contribution in [3.63, 3.8) is 0 Å². The highest BCUT2D eigenvalue weighted by Crippen LogP contribution is 2.18. The minimum absolute atomic E-state index is 0.0564. The first-order valence-corrected chi connectivity index (χ1v) is 8.21. The second-order valence-electron chi connectivity index (χ2n) is 6.28. The number of ether oxygens (including phenoxy) is 1. The third kappa shape index (κ3) is 2.79. The summed E-state index contributed by atoms with van der Waals surface area (Å²) in [7, 11) is 0. The monoisotopic (exact) mass is 325 g/mol. The molecule has 0 N–H and O–H groups in total. The minimum Gasteiger partial charge on any atom is -0.378 e. The molecule has 2 aliphatic rings. The third-order valence-electron chi connectivity index (χ3n) is 4.82. The van der Waals surface area contributed by atoms with Gasteiger partial charge in [-0.15, -0.1) is 0 Å². The van der Waals surface area contributed by atoms with Crippen LogP contribution in [0.1, 0.15) is 20.8 Å². The molecule has 2 saturated heterocycles. The first kappa shape index (κ1) is 15.2. The van der Waals surface area contributed by atoms with E-state index >= 15 is 0 Å². The summed E-state index contributed by atoms with van der Waals surface area (Å²) in [5.74, 6) is 0.0564. The van der Waals surface area contributed by atoms with E-state index in [1.807, 2.05) is 17.0 Å². The molecule has 0 radical (unpaired) electrons. The first-order chi connectivity index (χ1) is 11.7. The van der Waals surface area contributed by atoms with E-state index in [0.29, 0.717) is 17.3 Å². The van der Waals surface area contributed by atoms with Crippen molar-refractivity contribution >= 4 is 23.1 Å². The van der Waals surface area contributed by atoms with Crippen molar-refractivity contribution in [1.29, 1.82) is 0 Å². The van der Waals surface area contributed by atoms with Crippen LogP contribution >= 0.6 is 0 Å². The van der Waals surface area contributed by atoms with E-state index in [1.165, 1.54) is 0 Å². The molecule has 124 valence electrons. The number of piperazine rings is 1. The first-order valence-electron chi connectivity index (χ1n) is 8.21. The molecule has 24 heavy (non-hydrogen) atoms. The van der Waals surface area contributed by atoms with Crippen molar-refractivity contribution < 1.29 is 14.3 Å². The zero-order valence-corrected chi connectivity index (χ0v) is 13.4. The lowest BCUT2D eigenvalue weighted by Crippen LogP contribution is -2.57. The number of carbonyl (C=O) groups excluding carboxylic acids is 2. The van der Waals surface area contributed by atoms with Gasteiger partial charge >= 0.3 is 0 Å². The number of fused-ring (bicyclic) bond motifs is 1. The van der Waals surface area contributed by atoms with Crippen LogP contribution in [0.5, 0.6) is 0 Å². The molecule has 6 heteroatoms. The van der Waals surface area contributed by atoms with Crippen LogP contribution in [0.3, 0.4) is 0 Å². The molecule has 2 aliphatic heterocycles. The van der Waals surface area contributed by atoms with Crippen LogP contribution in [-0.2, 0) is 4.74 Å². The van der Waals surface area contributed by atoms with Gasteiger partial charge in [-0.1, -0.05) is 6.07 Å². The molecule has 6 nitrogen and oxygen atoms in total. The SMILES string of the molecule is O=Cc1ccc2cc(C(=O)N3CCN(C4COC4)CC3)ccc2n1. The Morgan fingerprint density at radius 3 is 2.58 bits per heavy atom. The van der Waals surface area contributed by atoms with E-state index in [0.717, 1.165) is 56.6 Å². The van der Waals surface area contributed by atoms with E-state index in [1.54, 1.807) is 18.2 Å². The highest BCUT2D eigenvalue weighted by molar-refractivity contribution is 5.98. The molecular weight excluding hydrogens is 306 g/mol. The summed E-state index contributed by atoms with van der Waals surface area (Å²) in [4.78, 5) is 32.1. The smallest absolute Gasteiger partial charge is 0.253 e. The van der Waals surface area contributed by atoms with E-state index < -0.39 is 0 Å². The lowest BCUT2D eigenvalue weighted by atomic mass is 10.1. The van der Waals surface area contributed by atoms with Gasteiger partial charge in [-0.3, -0.25) is 14.5 Å². The summed E-state index contributed by atoms with van der Waals surface area (Å²) in [6.07, 6.45) is 0.727. The molecule has 0 unspecified atom stereocenters. The molecule has 3 heterocycles. The Morgan fingerprint density at radius 2 is 1.92 bits per heavy atom. The molecule has 0 atom stereocenters. The maximum atomic E-state index is 12.7. The van der Waals surface area contributed by atoms with Gasteiger partial charge in [0.2, 0.25) is 0 Å². The van der Waals surface area contributed by atoms with Crippen molar-refractivity contribution in [2.75, 3.05) is 39.4 Å². The lowest BCUT2D eigenvalue weighted by Gasteiger charge is -2.42. The standard InChI is InChI=1S/C18H19N3O3/c22-10-15-3-1-13-9-14(2-4-17(13)19-15)18(23)21-7-5-20(6-8-21)16-11-24-12-16/h1-4,9-10,16H,5-8,11-12H2. The van der Waals surface area contributed by atoms with Crippen molar-refractivity contribution in [3.8, 4) is 0 Å². The quantitative estimate of drug-likeness (QED) is 0.794.